The van der Waals surface area contributed by atoms with Gasteiger partial charge < -0.3 is 0 Å². The van der Waals surface area contributed by atoms with Crippen molar-refractivity contribution in [3.8, 4) is 0 Å². The molecule has 0 aliphatic heterocycles. The second-order valence-electron chi connectivity index (χ2n) is 7.13. The van der Waals surface area contributed by atoms with Crippen molar-refractivity contribution in [2.75, 3.05) is 0 Å². The van der Waals surface area contributed by atoms with Crippen molar-refractivity contribution >= 4 is 16.8 Å². The summed E-state index contributed by atoms with van der Waals surface area (Å²) in [6.45, 7) is 1.81. The number of hydrogen-bond acceptors (Lipinski definition) is 3. The number of carbonyl (C=O) groups excluding carboxylic acids is 1. The summed E-state index contributed by atoms with van der Waals surface area (Å²) in [6, 6.07) is 12.0. The molecule has 4 rings (SSSR count). The van der Waals surface area contributed by atoms with Crippen LogP contribution in [0.3, 0.4) is 0 Å². The van der Waals surface area contributed by atoms with E-state index in [1.165, 1.54) is 31.4 Å². The summed E-state index contributed by atoms with van der Waals surface area (Å²) >= 11 is 0. The predicted octanol–water partition coefficient (Wildman–Crippen LogP) is 4.41. The molecule has 1 fully saturated rings. The van der Waals surface area contributed by atoms with Crippen molar-refractivity contribution in [1.82, 2.24) is 9.55 Å². The van der Waals surface area contributed by atoms with Crippen LogP contribution < -0.4 is 5.49 Å². The number of halogens is 1. The minimum absolute atomic E-state index is 0.174. The molecular weight excluding hydrogens is 341 g/mol. The van der Waals surface area contributed by atoms with Crippen LogP contribution in [0.4, 0.5) is 4.39 Å². The van der Waals surface area contributed by atoms with Crippen molar-refractivity contribution in [3.05, 3.63) is 71.2 Å². The fourth-order valence-corrected chi connectivity index (χ4v) is 3.75. The third kappa shape index (κ3) is 3.68. The van der Waals surface area contributed by atoms with E-state index in [2.05, 4.69) is 4.98 Å². The average molecular weight is 363 g/mol. The van der Waals surface area contributed by atoms with Crippen molar-refractivity contribution in [1.29, 1.82) is 0 Å². The highest BCUT2D eigenvalue weighted by atomic mass is 19.1. The van der Waals surface area contributed by atoms with Crippen molar-refractivity contribution in [3.63, 3.8) is 0 Å². The molecule has 0 spiro atoms. The molecule has 0 N–H and O–H groups in total. The van der Waals surface area contributed by atoms with Gasteiger partial charge in [0.2, 0.25) is 0 Å². The van der Waals surface area contributed by atoms with Gasteiger partial charge in [0.15, 0.2) is 0 Å². The van der Waals surface area contributed by atoms with Gasteiger partial charge in [0, 0.05) is 23.3 Å². The van der Waals surface area contributed by atoms with E-state index < -0.39 is 0 Å². The van der Waals surface area contributed by atoms with E-state index in [0.717, 1.165) is 12.8 Å². The first-order chi connectivity index (χ1) is 13.1. The molecule has 1 aliphatic carbocycles. The number of aryl methyl sites for hydroxylation is 1. The Kier molecular flexibility index (Phi) is 4.84. The Balaban J connectivity index is 1.83. The Hall–Kier alpha value is -2.82. The Morgan fingerprint density at radius 2 is 1.96 bits per heavy atom. The van der Waals surface area contributed by atoms with Gasteiger partial charge in [-0.1, -0.05) is 25.3 Å². The van der Waals surface area contributed by atoms with Crippen LogP contribution in [0.25, 0.3) is 10.9 Å². The molecule has 0 amide bonds. The van der Waals surface area contributed by atoms with Crippen molar-refractivity contribution < 1.29 is 9.18 Å². The lowest BCUT2D eigenvalue weighted by molar-refractivity contribution is 0.0956. The maximum atomic E-state index is 13.6. The van der Waals surface area contributed by atoms with E-state index in [1.807, 2.05) is 25.1 Å². The van der Waals surface area contributed by atoms with E-state index in [0.29, 0.717) is 27.6 Å². The maximum absolute atomic E-state index is 13.6. The first-order valence-electron chi connectivity index (χ1n) is 9.45. The van der Waals surface area contributed by atoms with Gasteiger partial charge in [-0.25, -0.2) is 4.39 Å². The molecule has 138 valence electrons. The average Bonchev–Trinajstić information content (AvgIpc) is 2.67. The number of rotatable bonds is 2. The van der Waals surface area contributed by atoms with Gasteiger partial charge in [-0.2, -0.15) is 0 Å². The number of aromatic nitrogens is 2. The van der Waals surface area contributed by atoms with E-state index in [4.69, 9.17) is 4.99 Å². The van der Waals surface area contributed by atoms with E-state index in [1.54, 1.807) is 22.9 Å². The summed E-state index contributed by atoms with van der Waals surface area (Å²) in [5.74, 6) is -0.536. The van der Waals surface area contributed by atoms with Crippen LogP contribution >= 0.6 is 0 Å². The zero-order chi connectivity index (χ0) is 18.8. The molecule has 0 saturated heterocycles. The van der Waals surface area contributed by atoms with Gasteiger partial charge in [0.1, 0.15) is 11.3 Å². The summed E-state index contributed by atoms with van der Waals surface area (Å²) in [5.41, 5.74) is 2.34. The fraction of sp³-hybridized carbons (Fsp3) is 0.318. The lowest BCUT2D eigenvalue weighted by Crippen LogP contribution is -2.29. The topological polar surface area (TPSA) is 47.2 Å². The molecule has 1 saturated carbocycles. The molecule has 0 bridgehead atoms. The number of fused-ring (bicyclic) bond motifs is 1. The quantitative estimate of drug-likeness (QED) is 0.677. The highest BCUT2D eigenvalue weighted by molar-refractivity contribution is 6.07. The molecule has 0 radical (unpaired) electrons. The largest absolute Gasteiger partial charge is 0.268 e. The number of nitrogens with zero attached hydrogens (tertiary/aromatic N) is 3. The van der Waals surface area contributed by atoms with Gasteiger partial charge in [-0.3, -0.25) is 19.3 Å². The van der Waals surface area contributed by atoms with Crippen LogP contribution in [0.5, 0.6) is 0 Å². The monoisotopic (exact) mass is 363 g/mol. The first kappa shape index (κ1) is 17.6. The Labute approximate surface area is 157 Å². The van der Waals surface area contributed by atoms with Crippen LogP contribution in [-0.4, -0.2) is 21.5 Å². The zero-order valence-electron chi connectivity index (χ0n) is 15.4. The molecule has 0 unspecified atom stereocenters. The second-order valence-corrected chi connectivity index (χ2v) is 7.13. The molecule has 1 aromatic carbocycles. The summed E-state index contributed by atoms with van der Waals surface area (Å²) < 4.78 is 15.2. The third-order valence-corrected chi connectivity index (χ3v) is 5.08. The molecule has 4 nitrogen and oxygen atoms in total. The van der Waals surface area contributed by atoms with Crippen molar-refractivity contribution in [2.45, 2.75) is 45.1 Å². The molecule has 3 aromatic rings. The molecule has 1 aliphatic rings. The first-order valence-corrected chi connectivity index (χ1v) is 9.45. The highest BCUT2D eigenvalue weighted by Crippen LogP contribution is 2.21. The molecular formula is C22H22FN3O. The molecule has 0 atom stereocenters. The van der Waals surface area contributed by atoms with Crippen LogP contribution in [0.1, 0.15) is 48.2 Å². The zero-order valence-corrected chi connectivity index (χ0v) is 15.4. The van der Waals surface area contributed by atoms with Crippen molar-refractivity contribution in [2.24, 2.45) is 4.99 Å². The van der Waals surface area contributed by atoms with Gasteiger partial charge >= 0.3 is 0 Å². The number of pyridine rings is 2. The standard InChI is InChI=1S/C22H22FN3O/c1-15-13-19(18-11-10-16(23)14-20(18)24-15)22(27)26-12-6-5-9-21(26)25-17-7-3-2-4-8-17/h5-6,9-14,17H,2-4,7-8H2,1H3. The predicted molar refractivity (Wildman–Crippen MR) is 103 cm³/mol. The normalized spacial score (nSPS) is 16.0. The van der Waals surface area contributed by atoms with Gasteiger partial charge in [-0.15, -0.1) is 0 Å². The Morgan fingerprint density at radius 3 is 2.78 bits per heavy atom. The van der Waals surface area contributed by atoms with Gasteiger partial charge in [0.05, 0.1) is 17.1 Å². The minimum Gasteiger partial charge on any atom is -0.268 e. The van der Waals surface area contributed by atoms with E-state index in [-0.39, 0.29) is 17.8 Å². The van der Waals surface area contributed by atoms with Crippen LogP contribution in [-0.2, 0) is 0 Å². The fourth-order valence-electron chi connectivity index (χ4n) is 3.75. The molecule has 2 heterocycles. The number of carbonyl (C=O) groups is 1. The summed E-state index contributed by atoms with van der Waals surface area (Å²) in [7, 11) is 0. The van der Waals surface area contributed by atoms with Gasteiger partial charge in [0.25, 0.3) is 5.91 Å². The lowest BCUT2D eigenvalue weighted by Gasteiger charge is -2.18. The van der Waals surface area contributed by atoms with Crippen LogP contribution in [0.2, 0.25) is 0 Å². The third-order valence-electron chi connectivity index (χ3n) is 5.08. The van der Waals surface area contributed by atoms with Crippen LogP contribution in [0.15, 0.2) is 53.7 Å². The van der Waals surface area contributed by atoms with Crippen LogP contribution in [0, 0.1) is 12.7 Å². The van der Waals surface area contributed by atoms with Gasteiger partial charge in [-0.05, 0) is 50.1 Å². The Morgan fingerprint density at radius 1 is 1.15 bits per heavy atom. The maximum Gasteiger partial charge on any atom is 0.264 e. The summed E-state index contributed by atoms with van der Waals surface area (Å²) in [4.78, 5) is 22.6. The number of benzene rings is 1. The highest BCUT2D eigenvalue weighted by Gasteiger charge is 2.16. The number of hydrogen-bond donors (Lipinski definition) is 0. The second kappa shape index (κ2) is 7.43. The van der Waals surface area contributed by atoms with E-state index in [9.17, 15) is 9.18 Å². The smallest absolute Gasteiger partial charge is 0.264 e. The lowest BCUT2D eigenvalue weighted by atomic mass is 9.96. The SMILES string of the molecule is Cc1cc(C(=O)n2ccccc2=NC2CCCCC2)c2ccc(F)cc2n1. The van der Waals surface area contributed by atoms with E-state index >= 15 is 0 Å². The molecule has 27 heavy (non-hydrogen) atoms. The molecule has 5 heteroatoms. The minimum atomic E-state index is -0.362. The summed E-state index contributed by atoms with van der Waals surface area (Å²) in [6.07, 6.45) is 7.52. The molecule has 2 aromatic heterocycles. The summed E-state index contributed by atoms with van der Waals surface area (Å²) in [5, 5.41) is 0.645. The Bertz CT molecular complexity index is 1060.